The monoisotopic (exact) mass is 310 g/mol. The van der Waals surface area contributed by atoms with E-state index in [9.17, 15) is 4.79 Å². The van der Waals surface area contributed by atoms with Crippen LogP contribution in [0.15, 0.2) is 0 Å². The minimum absolute atomic E-state index is 0.762. The van der Waals surface area contributed by atoms with Crippen molar-refractivity contribution >= 4 is 6.29 Å². The fourth-order valence-corrected chi connectivity index (χ4v) is 3.05. The molecule has 0 radical (unpaired) electrons. The van der Waals surface area contributed by atoms with Crippen molar-refractivity contribution in [2.24, 2.45) is 5.92 Å². The third-order valence-corrected chi connectivity index (χ3v) is 4.97. The largest absolute Gasteiger partial charge is 0.303 e. The lowest BCUT2D eigenvalue weighted by atomic mass is 9.99. The Hall–Kier alpha value is -0.330. The van der Waals surface area contributed by atoms with Crippen LogP contribution in [0.1, 0.15) is 123 Å². The van der Waals surface area contributed by atoms with Gasteiger partial charge in [-0.25, -0.2) is 0 Å². The fourth-order valence-electron chi connectivity index (χ4n) is 3.05. The van der Waals surface area contributed by atoms with Crippen molar-refractivity contribution in [1.82, 2.24) is 0 Å². The maximum absolute atomic E-state index is 10.2. The van der Waals surface area contributed by atoms with Crippen molar-refractivity contribution in [2.75, 3.05) is 0 Å². The summed E-state index contributed by atoms with van der Waals surface area (Å²) >= 11 is 0. The molecule has 1 atom stereocenters. The van der Waals surface area contributed by atoms with Crippen LogP contribution in [0.2, 0.25) is 0 Å². The lowest BCUT2D eigenvalue weighted by molar-refractivity contribution is -0.107. The molecule has 0 N–H and O–H groups in total. The van der Waals surface area contributed by atoms with Crippen LogP contribution in [0, 0.1) is 5.92 Å². The van der Waals surface area contributed by atoms with Gasteiger partial charge < -0.3 is 4.79 Å². The molecule has 0 saturated heterocycles. The summed E-state index contributed by atoms with van der Waals surface area (Å²) in [5.41, 5.74) is 0. The van der Waals surface area contributed by atoms with Crippen molar-refractivity contribution < 1.29 is 4.79 Å². The molecule has 0 aliphatic heterocycles. The third-order valence-electron chi connectivity index (χ3n) is 4.97. The van der Waals surface area contributed by atoms with E-state index >= 15 is 0 Å². The summed E-state index contributed by atoms with van der Waals surface area (Å²) in [7, 11) is 0. The van der Waals surface area contributed by atoms with Gasteiger partial charge in [-0.2, -0.15) is 0 Å². The van der Waals surface area contributed by atoms with Gasteiger partial charge >= 0.3 is 0 Å². The highest BCUT2D eigenvalue weighted by Gasteiger charge is 1.98. The number of aldehydes is 1. The maximum atomic E-state index is 10.2. The molecule has 1 nitrogen and oxygen atoms in total. The molecule has 0 aliphatic carbocycles. The number of rotatable bonds is 18. The Morgan fingerprint density at radius 2 is 1.00 bits per heavy atom. The second kappa shape index (κ2) is 18.7. The molecule has 0 spiro atoms. The summed E-state index contributed by atoms with van der Waals surface area (Å²) < 4.78 is 0. The van der Waals surface area contributed by atoms with E-state index in [1.165, 1.54) is 96.3 Å². The van der Waals surface area contributed by atoms with Crippen molar-refractivity contribution in [3.05, 3.63) is 0 Å². The van der Waals surface area contributed by atoms with Crippen LogP contribution in [0.25, 0.3) is 0 Å². The minimum atomic E-state index is 0.762. The van der Waals surface area contributed by atoms with Gasteiger partial charge in [0.15, 0.2) is 0 Å². The van der Waals surface area contributed by atoms with Gasteiger partial charge in [-0.3, -0.25) is 0 Å². The molecule has 1 unspecified atom stereocenters. The molecule has 0 amide bonds. The first kappa shape index (κ1) is 21.7. The Bertz CT molecular complexity index is 212. The van der Waals surface area contributed by atoms with Crippen molar-refractivity contribution in [1.29, 1.82) is 0 Å². The number of hydrogen-bond acceptors (Lipinski definition) is 1. The Kier molecular flexibility index (Phi) is 18.4. The summed E-state index contributed by atoms with van der Waals surface area (Å²) in [6.07, 6.45) is 24.0. The predicted octanol–water partition coefficient (Wildman–Crippen LogP) is 7.47. The van der Waals surface area contributed by atoms with Gasteiger partial charge in [0.2, 0.25) is 0 Å². The molecule has 0 fully saturated rings. The number of unbranched alkanes of at least 4 members (excludes halogenated alkanes) is 14. The highest BCUT2D eigenvalue weighted by molar-refractivity contribution is 5.48. The van der Waals surface area contributed by atoms with Crippen LogP contribution < -0.4 is 0 Å². The Morgan fingerprint density at radius 3 is 1.36 bits per heavy atom. The zero-order valence-electron chi connectivity index (χ0n) is 15.6. The Balaban J connectivity index is 2.98. The first-order valence-electron chi connectivity index (χ1n) is 10.2. The minimum Gasteiger partial charge on any atom is -0.303 e. The lowest BCUT2D eigenvalue weighted by Gasteiger charge is -2.07. The zero-order chi connectivity index (χ0) is 16.3. The molecule has 0 bridgehead atoms. The van der Waals surface area contributed by atoms with E-state index in [0.29, 0.717) is 0 Å². The quantitative estimate of drug-likeness (QED) is 0.189. The Morgan fingerprint density at radius 1 is 0.636 bits per heavy atom. The average molecular weight is 311 g/mol. The summed E-state index contributed by atoms with van der Waals surface area (Å²) in [4.78, 5) is 10.2. The number of carbonyl (C=O) groups is 1. The van der Waals surface area contributed by atoms with Gasteiger partial charge in [0.05, 0.1) is 0 Å². The van der Waals surface area contributed by atoms with Crippen LogP contribution >= 0.6 is 0 Å². The summed E-state index contributed by atoms with van der Waals surface area (Å²) in [5, 5.41) is 0. The van der Waals surface area contributed by atoms with Gasteiger partial charge in [-0.15, -0.1) is 0 Å². The predicted molar refractivity (Wildman–Crippen MR) is 99.4 cm³/mol. The van der Waals surface area contributed by atoms with Gasteiger partial charge in [-0.1, -0.05) is 110 Å². The highest BCUT2D eigenvalue weighted by atomic mass is 16.1. The van der Waals surface area contributed by atoms with E-state index in [-0.39, 0.29) is 0 Å². The second-order valence-corrected chi connectivity index (χ2v) is 7.21. The van der Waals surface area contributed by atoms with Gasteiger partial charge in [0.25, 0.3) is 0 Å². The summed E-state index contributed by atoms with van der Waals surface area (Å²) in [6, 6.07) is 0. The molecule has 0 aliphatic rings. The van der Waals surface area contributed by atoms with Crippen molar-refractivity contribution in [3.8, 4) is 0 Å². The van der Waals surface area contributed by atoms with E-state index in [1.54, 1.807) is 0 Å². The SMILES string of the molecule is CCC(C)CCCCCCCCCCCCCCCCC=O. The van der Waals surface area contributed by atoms with Crippen LogP contribution in [0.5, 0.6) is 0 Å². The molecule has 0 saturated carbocycles. The second-order valence-electron chi connectivity index (χ2n) is 7.21. The normalized spacial score (nSPS) is 12.5. The van der Waals surface area contributed by atoms with Crippen LogP contribution in [-0.2, 0) is 4.79 Å². The van der Waals surface area contributed by atoms with E-state index in [0.717, 1.165) is 25.0 Å². The summed E-state index contributed by atoms with van der Waals surface area (Å²) in [6.45, 7) is 4.68. The standard InChI is InChI=1S/C21H42O/c1-3-21(2)19-17-15-13-11-9-7-5-4-6-8-10-12-14-16-18-20-22/h20-21H,3-19H2,1-2H3. The first-order chi connectivity index (χ1) is 10.8. The van der Waals surface area contributed by atoms with Crippen molar-refractivity contribution in [3.63, 3.8) is 0 Å². The van der Waals surface area contributed by atoms with E-state index in [2.05, 4.69) is 13.8 Å². The van der Waals surface area contributed by atoms with E-state index < -0.39 is 0 Å². The molecule has 0 aromatic carbocycles. The molecule has 0 aromatic heterocycles. The average Bonchev–Trinajstić information content (AvgIpc) is 2.54. The first-order valence-corrected chi connectivity index (χ1v) is 10.2. The summed E-state index contributed by atoms with van der Waals surface area (Å²) in [5.74, 6) is 0.935. The molecule has 0 rings (SSSR count). The molecule has 0 heterocycles. The molecule has 22 heavy (non-hydrogen) atoms. The number of hydrogen-bond donors (Lipinski definition) is 0. The van der Waals surface area contributed by atoms with Crippen LogP contribution in [0.3, 0.4) is 0 Å². The lowest BCUT2D eigenvalue weighted by Crippen LogP contribution is -1.91. The number of carbonyl (C=O) groups excluding carboxylic acids is 1. The van der Waals surface area contributed by atoms with Crippen LogP contribution in [0.4, 0.5) is 0 Å². The molecular weight excluding hydrogens is 268 g/mol. The highest BCUT2D eigenvalue weighted by Crippen LogP contribution is 2.15. The van der Waals surface area contributed by atoms with Gasteiger partial charge in [0, 0.05) is 6.42 Å². The Labute approximate surface area is 140 Å². The molecule has 1 heteroatoms. The molecule has 0 aromatic rings. The van der Waals surface area contributed by atoms with Crippen molar-refractivity contribution in [2.45, 2.75) is 123 Å². The zero-order valence-corrected chi connectivity index (χ0v) is 15.6. The van der Waals surface area contributed by atoms with Crippen LogP contribution in [-0.4, -0.2) is 6.29 Å². The fraction of sp³-hybridized carbons (Fsp3) is 0.952. The maximum Gasteiger partial charge on any atom is 0.119 e. The van der Waals surface area contributed by atoms with E-state index in [1.807, 2.05) is 0 Å². The van der Waals surface area contributed by atoms with E-state index in [4.69, 9.17) is 0 Å². The van der Waals surface area contributed by atoms with Gasteiger partial charge in [0.1, 0.15) is 6.29 Å². The molecule has 132 valence electrons. The topological polar surface area (TPSA) is 17.1 Å². The van der Waals surface area contributed by atoms with Gasteiger partial charge in [-0.05, 0) is 12.3 Å². The smallest absolute Gasteiger partial charge is 0.119 e. The third kappa shape index (κ3) is 17.7. The molecular formula is C21H42O.